The summed E-state index contributed by atoms with van der Waals surface area (Å²) in [5.74, 6) is 0.461. The van der Waals surface area contributed by atoms with Gasteiger partial charge in [-0.1, -0.05) is 45.0 Å². The molecule has 1 N–H and O–H groups in total. The zero-order valence-corrected chi connectivity index (χ0v) is 13.1. The summed E-state index contributed by atoms with van der Waals surface area (Å²) in [6.45, 7) is 8.42. The van der Waals surface area contributed by atoms with E-state index in [0.29, 0.717) is 5.92 Å². The third-order valence-electron chi connectivity index (χ3n) is 4.15. The van der Waals surface area contributed by atoms with E-state index >= 15 is 0 Å². The van der Waals surface area contributed by atoms with E-state index < -0.39 is 0 Å². The van der Waals surface area contributed by atoms with Crippen LogP contribution >= 0.6 is 0 Å². The van der Waals surface area contributed by atoms with Crippen LogP contribution < -0.4 is 5.32 Å². The number of nitrogens with one attached hydrogen (secondary N) is 1. The van der Waals surface area contributed by atoms with Gasteiger partial charge in [-0.2, -0.15) is 0 Å². The summed E-state index contributed by atoms with van der Waals surface area (Å²) >= 11 is 0. The minimum Gasteiger partial charge on any atom is -0.341 e. The molecule has 1 atom stereocenters. The van der Waals surface area contributed by atoms with Gasteiger partial charge in [-0.15, -0.1) is 0 Å². The SMILES string of the molecule is CNC(=O)N1CCCC(c2cccc(C(C)(C)C)c2)C1. The maximum absolute atomic E-state index is 11.8. The molecule has 0 aliphatic carbocycles. The van der Waals surface area contributed by atoms with Crippen LogP contribution in [-0.2, 0) is 5.41 Å². The van der Waals surface area contributed by atoms with Crippen molar-refractivity contribution in [1.29, 1.82) is 0 Å². The molecular formula is C17H26N2O. The van der Waals surface area contributed by atoms with E-state index in [1.165, 1.54) is 17.5 Å². The van der Waals surface area contributed by atoms with Gasteiger partial charge < -0.3 is 10.2 Å². The number of hydrogen-bond donors (Lipinski definition) is 1. The Bertz CT molecular complexity index is 476. The van der Waals surface area contributed by atoms with Crippen LogP contribution in [0.5, 0.6) is 0 Å². The molecule has 3 heteroatoms. The number of piperidine rings is 1. The van der Waals surface area contributed by atoms with Gasteiger partial charge in [0.25, 0.3) is 0 Å². The van der Waals surface area contributed by atoms with Crippen LogP contribution in [0.25, 0.3) is 0 Å². The van der Waals surface area contributed by atoms with Crippen LogP contribution in [0.2, 0.25) is 0 Å². The van der Waals surface area contributed by atoms with Crippen LogP contribution in [0.3, 0.4) is 0 Å². The van der Waals surface area contributed by atoms with Crippen LogP contribution in [0.15, 0.2) is 24.3 Å². The Balaban J connectivity index is 2.17. The summed E-state index contributed by atoms with van der Waals surface area (Å²) in [6, 6.07) is 8.91. The molecular weight excluding hydrogens is 248 g/mol. The molecule has 0 aromatic heterocycles. The minimum absolute atomic E-state index is 0.0432. The van der Waals surface area contributed by atoms with E-state index in [-0.39, 0.29) is 11.4 Å². The summed E-state index contributed by atoms with van der Waals surface area (Å²) in [5, 5.41) is 2.73. The number of nitrogens with zero attached hydrogens (tertiary/aromatic N) is 1. The highest BCUT2D eigenvalue weighted by molar-refractivity contribution is 5.74. The second kappa shape index (κ2) is 5.86. The quantitative estimate of drug-likeness (QED) is 0.835. The highest BCUT2D eigenvalue weighted by Gasteiger charge is 2.25. The second-order valence-corrected chi connectivity index (χ2v) is 6.72. The van der Waals surface area contributed by atoms with Crippen LogP contribution in [0, 0.1) is 0 Å². The van der Waals surface area contributed by atoms with Crippen molar-refractivity contribution < 1.29 is 4.79 Å². The number of benzene rings is 1. The van der Waals surface area contributed by atoms with Crippen molar-refractivity contribution in [3.63, 3.8) is 0 Å². The predicted molar refractivity (Wildman–Crippen MR) is 83.1 cm³/mol. The Morgan fingerprint density at radius 1 is 1.35 bits per heavy atom. The van der Waals surface area contributed by atoms with Crippen molar-refractivity contribution in [3.05, 3.63) is 35.4 Å². The maximum Gasteiger partial charge on any atom is 0.317 e. The van der Waals surface area contributed by atoms with Crippen molar-refractivity contribution in [2.75, 3.05) is 20.1 Å². The van der Waals surface area contributed by atoms with Gasteiger partial charge in [0, 0.05) is 26.1 Å². The number of rotatable bonds is 1. The van der Waals surface area contributed by atoms with Gasteiger partial charge in [0.15, 0.2) is 0 Å². The lowest BCUT2D eigenvalue weighted by atomic mass is 9.83. The van der Waals surface area contributed by atoms with Crippen molar-refractivity contribution >= 4 is 6.03 Å². The van der Waals surface area contributed by atoms with Gasteiger partial charge in [0.1, 0.15) is 0 Å². The Kier molecular flexibility index (Phi) is 4.36. The van der Waals surface area contributed by atoms with Crippen LogP contribution in [-0.4, -0.2) is 31.1 Å². The summed E-state index contributed by atoms with van der Waals surface area (Å²) in [4.78, 5) is 13.7. The first kappa shape index (κ1) is 14.9. The molecule has 2 rings (SSSR count). The lowest BCUT2D eigenvalue weighted by Gasteiger charge is -2.33. The molecule has 1 aromatic rings. The molecule has 1 aromatic carbocycles. The van der Waals surface area contributed by atoms with Gasteiger partial charge in [-0.3, -0.25) is 0 Å². The average Bonchev–Trinajstić information content (AvgIpc) is 2.46. The molecule has 0 saturated carbocycles. The van der Waals surface area contributed by atoms with Crippen LogP contribution in [0.4, 0.5) is 4.79 Å². The third-order valence-corrected chi connectivity index (χ3v) is 4.15. The molecule has 1 aliphatic rings. The maximum atomic E-state index is 11.8. The van der Waals surface area contributed by atoms with Crippen molar-refractivity contribution in [2.45, 2.75) is 44.9 Å². The fraction of sp³-hybridized carbons (Fsp3) is 0.588. The first-order chi connectivity index (χ1) is 9.41. The van der Waals surface area contributed by atoms with Gasteiger partial charge in [-0.25, -0.2) is 4.79 Å². The van der Waals surface area contributed by atoms with E-state index in [9.17, 15) is 4.79 Å². The van der Waals surface area contributed by atoms with Gasteiger partial charge in [0.2, 0.25) is 0 Å². The Morgan fingerprint density at radius 3 is 2.75 bits per heavy atom. The highest BCUT2D eigenvalue weighted by atomic mass is 16.2. The van der Waals surface area contributed by atoms with Crippen LogP contribution in [0.1, 0.15) is 50.7 Å². The second-order valence-electron chi connectivity index (χ2n) is 6.72. The zero-order valence-electron chi connectivity index (χ0n) is 13.1. The van der Waals surface area contributed by atoms with Gasteiger partial charge in [-0.05, 0) is 29.4 Å². The molecule has 1 heterocycles. The average molecular weight is 274 g/mol. The first-order valence-corrected chi connectivity index (χ1v) is 7.49. The number of carbonyl (C=O) groups excluding carboxylic acids is 1. The molecule has 0 bridgehead atoms. The van der Waals surface area contributed by atoms with E-state index in [0.717, 1.165) is 19.5 Å². The summed E-state index contributed by atoms with van der Waals surface area (Å²) in [6.07, 6.45) is 2.25. The molecule has 1 saturated heterocycles. The Hall–Kier alpha value is -1.51. The normalized spacial score (nSPS) is 19.8. The number of amides is 2. The molecule has 20 heavy (non-hydrogen) atoms. The smallest absolute Gasteiger partial charge is 0.317 e. The summed E-state index contributed by atoms with van der Waals surface area (Å²) < 4.78 is 0. The lowest BCUT2D eigenvalue weighted by molar-refractivity contribution is 0.181. The number of carbonyl (C=O) groups is 1. The fourth-order valence-electron chi connectivity index (χ4n) is 2.85. The third kappa shape index (κ3) is 3.33. The van der Waals surface area contributed by atoms with E-state index in [1.54, 1.807) is 7.05 Å². The van der Waals surface area contributed by atoms with Crippen molar-refractivity contribution in [3.8, 4) is 0 Å². The minimum atomic E-state index is 0.0432. The van der Waals surface area contributed by atoms with E-state index in [2.05, 4.69) is 50.4 Å². The lowest BCUT2D eigenvalue weighted by Crippen LogP contribution is -2.43. The van der Waals surface area contributed by atoms with Crippen molar-refractivity contribution in [2.24, 2.45) is 0 Å². The molecule has 0 radical (unpaired) electrons. The first-order valence-electron chi connectivity index (χ1n) is 7.49. The summed E-state index contributed by atoms with van der Waals surface area (Å²) in [7, 11) is 1.70. The molecule has 3 nitrogen and oxygen atoms in total. The Morgan fingerprint density at radius 2 is 2.10 bits per heavy atom. The highest BCUT2D eigenvalue weighted by Crippen LogP contribution is 2.30. The van der Waals surface area contributed by atoms with Gasteiger partial charge >= 0.3 is 6.03 Å². The molecule has 0 spiro atoms. The van der Waals surface area contributed by atoms with E-state index in [4.69, 9.17) is 0 Å². The largest absolute Gasteiger partial charge is 0.341 e. The molecule has 1 aliphatic heterocycles. The van der Waals surface area contributed by atoms with E-state index in [1.807, 2.05) is 4.90 Å². The predicted octanol–water partition coefficient (Wildman–Crippen LogP) is 3.50. The fourth-order valence-corrected chi connectivity index (χ4v) is 2.85. The topological polar surface area (TPSA) is 32.3 Å². The number of hydrogen-bond acceptors (Lipinski definition) is 1. The number of urea groups is 1. The monoisotopic (exact) mass is 274 g/mol. The van der Waals surface area contributed by atoms with Gasteiger partial charge in [0.05, 0.1) is 0 Å². The molecule has 1 unspecified atom stereocenters. The standard InChI is InChI=1S/C17H26N2O/c1-17(2,3)15-9-5-7-13(11-15)14-8-6-10-19(12-14)16(20)18-4/h5,7,9,11,14H,6,8,10,12H2,1-4H3,(H,18,20). The summed E-state index contributed by atoms with van der Waals surface area (Å²) in [5.41, 5.74) is 2.91. The number of likely N-dealkylation sites (tertiary alicyclic amines) is 1. The molecule has 2 amide bonds. The van der Waals surface area contributed by atoms with Crippen molar-refractivity contribution in [1.82, 2.24) is 10.2 Å². The molecule has 110 valence electrons. The Labute approximate surface area is 122 Å². The zero-order chi connectivity index (χ0) is 14.8. The molecule has 1 fully saturated rings.